The average molecular weight is 284 g/mol. The number of ether oxygens (including phenoxy) is 1. The van der Waals surface area contributed by atoms with Gasteiger partial charge in [-0.1, -0.05) is 12.1 Å². The van der Waals surface area contributed by atoms with Crippen LogP contribution in [0.5, 0.6) is 5.75 Å². The third kappa shape index (κ3) is 2.95. The van der Waals surface area contributed by atoms with E-state index in [1.54, 1.807) is 6.20 Å². The van der Waals surface area contributed by atoms with Crippen LogP contribution in [0.1, 0.15) is 24.0 Å². The fourth-order valence-corrected chi connectivity index (χ4v) is 2.03. The SMILES string of the molecule is CCn1c(C)cnc1COc1ccccc1C(F)(F)F. The van der Waals surface area contributed by atoms with Gasteiger partial charge in [0, 0.05) is 18.4 Å². The Morgan fingerprint density at radius 3 is 2.60 bits per heavy atom. The van der Waals surface area contributed by atoms with Crippen LogP contribution in [-0.4, -0.2) is 9.55 Å². The molecular weight excluding hydrogens is 269 g/mol. The highest BCUT2D eigenvalue weighted by atomic mass is 19.4. The third-order valence-corrected chi connectivity index (χ3v) is 3.00. The Morgan fingerprint density at radius 2 is 1.95 bits per heavy atom. The van der Waals surface area contributed by atoms with E-state index in [-0.39, 0.29) is 12.4 Å². The summed E-state index contributed by atoms with van der Waals surface area (Å²) in [6, 6.07) is 5.18. The highest BCUT2D eigenvalue weighted by Gasteiger charge is 2.34. The van der Waals surface area contributed by atoms with Gasteiger partial charge in [0.1, 0.15) is 18.2 Å². The van der Waals surface area contributed by atoms with Crippen LogP contribution >= 0.6 is 0 Å². The molecule has 0 aliphatic rings. The molecule has 0 bridgehead atoms. The highest BCUT2D eigenvalue weighted by molar-refractivity contribution is 5.35. The van der Waals surface area contributed by atoms with Crippen LogP contribution in [0.3, 0.4) is 0 Å². The van der Waals surface area contributed by atoms with Gasteiger partial charge in [-0.15, -0.1) is 0 Å². The minimum Gasteiger partial charge on any atom is -0.485 e. The number of imidazole rings is 1. The van der Waals surface area contributed by atoms with E-state index in [1.165, 1.54) is 18.2 Å². The van der Waals surface area contributed by atoms with Crippen LogP contribution in [-0.2, 0) is 19.3 Å². The maximum atomic E-state index is 12.8. The van der Waals surface area contributed by atoms with Crippen LogP contribution < -0.4 is 4.74 Å². The molecule has 0 amide bonds. The van der Waals surface area contributed by atoms with Crippen molar-refractivity contribution in [2.45, 2.75) is 33.2 Å². The number of rotatable bonds is 4. The number of nitrogens with zero attached hydrogens (tertiary/aromatic N) is 2. The molecule has 6 heteroatoms. The summed E-state index contributed by atoms with van der Waals surface area (Å²) in [7, 11) is 0. The molecule has 3 nitrogen and oxygen atoms in total. The van der Waals surface area contributed by atoms with Crippen molar-refractivity contribution in [1.82, 2.24) is 9.55 Å². The Bertz CT molecular complexity index is 590. The van der Waals surface area contributed by atoms with Gasteiger partial charge in [-0.05, 0) is 26.0 Å². The van der Waals surface area contributed by atoms with Gasteiger partial charge in [0.2, 0.25) is 0 Å². The summed E-state index contributed by atoms with van der Waals surface area (Å²) >= 11 is 0. The van der Waals surface area contributed by atoms with Crippen molar-refractivity contribution in [2.24, 2.45) is 0 Å². The molecule has 0 saturated heterocycles. The van der Waals surface area contributed by atoms with E-state index >= 15 is 0 Å². The smallest absolute Gasteiger partial charge is 0.419 e. The van der Waals surface area contributed by atoms with Crippen molar-refractivity contribution in [3.8, 4) is 5.75 Å². The third-order valence-electron chi connectivity index (χ3n) is 3.00. The average Bonchev–Trinajstić information content (AvgIpc) is 2.76. The minimum absolute atomic E-state index is 0.00870. The second kappa shape index (κ2) is 5.56. The molecule has 2 rings (SSSR count). The Morgan fingerprint density at radius 1 is 1.25 bits per heavy atom. The van der Waals surface area contributed by atoms with Crippen molar-refractivity contribution >= 4 is 0 Å². The van der Waals surface area contributed by atoms with Gasteiger partial charge in [-0.2, -0.15) is 13.2 Å². The summed E-state index contributed by atoms with van der Waals surface area (Å²) in [6.45, 7) is 4.55. The van der Waals surface area contributed by atoms with Gasteiger partial charge < -0.3 is 9.30 Å². The van der Waals surface area contributed by atoms with Crippen LogP contribution in [0.25, 0.3) is 0 Å². The summed E-state index contributed by atoms with van der Waals surface area (Å²) in [5, 5.41) is 0. The zero-order chi connectivity index (χ0) is 14.8. The zero-order valence-electron chi connectivity index (χ0n) is 11.2. The van der Waals surface area contributed by atoms with Crippen molar-refractivity contribution in [2.75, 3.05) is 0 Å². The lowest BCUT2D eigenvalue weighted by Gasteiger charge is -2.14. The fourth-order valence-electron chi connectivity index (χ4n) is 2.03. The number of aryl methyl sites for hydroxylation is 1. The van der Waals surface area contributed by atoms with Crippen LogP contribution in [0.4, 0.5) is 13.2 Å². The van der Waals surface area contributed by atoms with Gasteiger partial charge in [0.25, 0.3) is 0 Å². The molecule has 1 aromatic heterocycles. The summed E-state index contributed by atoms with van der Waals surface area (Å²) in [6.07, 6.45) is -2.75. The van der Waals surface area contributed by atoms with Crippen molar-refractivity contribution in [1.29, 1.82) is 0 Å². The monoisotopic (exact) mass is 284 g/mol. The molecule has 0 spiro atoms. The largest absolute Gasteiger partial charge is 0.485 e. The first kappa shape index (κ1) is 14.4. The van der Waals surface area contributed by atoms with Crippen molar-refractivity contribution in [3.63, 3.8) is 0 Å². The first-order valence-corrected chi connectivity index (χ1v) is 6.23. The molecule has 1 heterocycles. The van der Waals surface area contributed by atoms with E-state index in [0.717, 1.165) is 11.8 Å². The van der Waals surface area contributed by atoms with E-state index in [9.17, 15) is 13.2 Å². The maximum Gasteiger partial charge on any atom is 0.419 e. The summed E-state index contributed by atoms with van der Waals surface area (Å²) in [5.41, 5.74) is 0.182. The normalized spacial score (nSPS) is 11.7. The standard InChI is InChI=1S/C14H15F3N2O/c1-3-19-10(2)8-18-13(19)9-20-12-7-5-4-6-11(12)14(15,16)17/h4-8H,3,9H2,1-2H3. The van der Waals surface area contributed by atoms with Crippen molar-refractivity contribution < 1.29 is 17.9 Å². The number of hydrogen-bond acceptors (Lipinski definition) is 2. The molecule has 20 heavy (non-hydrogen) atoms. The fraction of sp³-hybridized carbons (Fsp3) is 0.357. The molecule has 0 atom stereocenters. The Labute approximate surface area is 115 Å². The summed E-state index contributed by atoms with van der Waals surface area (Å²) in [4.78, 5) is 4.15. The molecule has 2 aromatic rings. The maximum absolute atomic E-state index is 12.8. The number of aromatic nitrogens is 2. The summed E-state index contributed by atoms with van der Waals surface area (Å²) < 4.78 is 45.7. The Hall–Kier alpha value is -1.98. The molecule has 0 aliphatic heterocycles. The number of halogens is 3. The molecule has 108 valence electrons. The van der Waals surface area contributed by atoms with E-state index in [2.05, 4.69) is 4.98 Å². The van der Waals surface area contributed by atoms with E-state index in [0.29, 0.717) is 12.4 Å². The van der Waals surface area contributed by atoms with Crippen LogP contribution in [0.2, 0.25) is 0 Å². The second-order valence-electron chi connectivity index (χ2n) is 4.34. The minimum atomic E-state index is -4.42. The molecule has 1 aromatic carbocycles. The van der Waals surface area contributed by atoms with E-state index in [4.69, 9.17) is 4.74 Å². The quantitative estimate of drug-likeness (QED) is 0.853. The lowest BCUT2D eigenvalue weighted by atomic mass is 10.2. The number of benzene rings is 1. The van der Waals surface area contributed by atoms with E-state index < -0.39 is 11.7 Å². The lowest BCUT2D eigenvalue weighted by Crippen LogP contribution is -2.11. The molecule has 0 N–H and O–H groups in total. The molecule has 0 saturated carbocycles. The number of hydrogen-bond donors (Lipinski definition) is 0. The van der Waals surface area contributed by atoms with Gasteiger partial charge in [-0.25, -0.2) is 4.98 Å². The predicted octanol–water partition coefficient (Wildman–Crippen LogP) is 3.81. The topological polar surface area (TPSA) is 27.1 Å². The van der Waals surface area contributed by atoms with Gasteiger partial charge in [0.05, 0.1) is 5.56 Å². The Balaban J connectivity index is 2.19. The molecular formula is C14H15F3N2O. The second-order valence-corrected chi connectivity index (χ2v) is 4.34. The van der Waals surface area contributed by atoms with Crippen molar-refractivity contribution in [3.05, 3.63) is 47.5 Å². The first-order chi connectivity index (χ1) is 9.43. The number of para-hydroxylation sites is 1. The molecule has 0 fully saturated rings. The number of alkyl halides is 3. The zero-order valence-corrected chi connectivity index (χ0v) is 11.2. The highest BCUT2D eigenvalue weighted by Crippen LogP contribution is 2.36. The summed E-state index contributed by atoms with van der Waals surface area (Å²) in [5.74, 6) is 0.435. The first-order valence-electron chi connectivity index (χ1n) is 6.23. The molecule has 0 unspecified atom stereocenters. The van der Waals surface area contributed by atoms with Crippen LogP contribution in [0.15, 0.2) is 30.5 Å². The van der Waals surface area contributed by atoms with Crippen LogP contribution in [0, 0.1) is 6.92 Å². The predicted molar refractivity (Wildman–Crippen MR) is 68.4 cm³/mol. The lowest BCUT2D eigenvalue weighted by molar-refractivity contribution is -0.139. The molecule has 0 aliphatic carbocycles. The van der Waals surface area contributed by atoms with E-state index in [1.807, 2.05) is 18.4 Å². The van der Waals surface area contributed by atoms with Gasteiger partial charge >= 0.3 is 6.18 Å². The molecule has 0 radical (unpaired) electrons. The van der Waals surface area contributed by atoms with Gasteiger partial charge in [0.15, 0.2) is 0 Å². The Kier molecular flexibility index (Phi) is 4.01. The van der Waals surface area contributed by atoms with Gasteiger partial charge in [-0.3, -0.25) is 0 Å².